The lowest BCUT2D eigenvalue weighted by molar-refractivity contribution is -0.120. The fourth-order valence-electron chi connectivity index (χ4n) is 1.32. The van der Waals surface area contributed by atoms with Gasteiger partial charge in [-0.15, -0.1) is 0 Å². The molecule has 0 aliphatic rings. The lowest BCUT2D eigenvalue weighted by atomic mass is 9.99. The van der Waals surface area contributed by atoms with Crippen molar-refractivity contribution in [3.63, 3.8) is 0 Å². The molecule has 0 spiro atoms. The van der Waals surface area contributed by atoms with Crippen molar-refractivity contribution >= 4 is 38.9 Å². The number of benzene rings is 1. The van der Waals surface area contributed by atoms with E-state index in [1.165, 1.54) is 18.2 Å². The molecule has 0 aliphatic carbocycles. The zero-order chi connectivity index (χ0) is 15.6. The Balaban J connectivity index is 3.01. The highest BCUT2D eigenvalue weighted by Gasteiger charge is 2.26. The monoisotopic (exact) mass is 319 g/mol. The van der Waals surface area contributed by atoms with Crippen molar-refractivity contribution in [3.8, 4) is 0 Å². The van der Waals surface area contributed by atoms with Crippen molar-refractivity contribution in [2.45, 2.75) is 25.8 Å². The maximum atomic E-state index is 12.0. The van der Waals surface area contributed by atoms with Crippen molar-refractivity contribution in [3.05, 3.63) is 23.2 Å². The number of sulfonamides is 1. The molecule has 0 aromatic heterocycles. The number of halogens is 1. The Bertz CT molecular complexity index is 614. The van der Waals surface area contributed by atoms with E-state index in [1.54, 1.807) is 13.8 Å². The van der Waals surface area contributed by atoms with Crippen molar-refractivity contribution in [1.29, 1.82) is 0 Å². The van der Waals surface area contributed by atoms with E-state index >= 15 is 0 Å². The minimum Gasteiger partial charge on any atom is -0.323 e. The Morgan fingerprint density at radius 3 is 2.55 bits per heavy atom. The first-order chi connectivity index (χ1) is 9.05. The van der Waals surface area contributed by atoms with Gasteiger partial charge in [0.2, 0.25) is 15.9 Å². The smallest absolute Gasteiger partial charge is 0.244 e. The van der Waals surface area contributed by atoms with Gasteiger partial charge in [0, 0.05) is 0 Å². The van der Waals surface area contributed by atoms with E-state index in [9.17, 15) is 13.2 Å². The Labute approximate surface area is 123 Å². The molecule has 0 aliphatic heterocycles. The van der Waals surface area contributed by atoms with Crippen molar-refractivity contribution < 1.29 is 13.2 Å². The molecule has 1 rings (SSSR count). The summed E-state index contributed by atoms with van der Waals surface area (Å²) in [6.45, 7) is 3.40. The normalized spacial score (nSPS) is 14.4. The molecule has 0 heterocycles. The van der Waals surface area contributed by atoms with E-state index in [0.717, 1.165) is 6.26 Å². The van der Waals surface area contributed by atoms with E-state index in [4.69, 9.17) is 17.3 Å². The molecule has 1 unspecified atom stereocenters. The van der Waals surface area contributed by atoms with Crippen LogP contribution in [0.25, 0.3) is 0 Å². The van der Waals surface area contributed by atoms with Gasteiger partial charge in [-0.05, 0) is 31.5 Å². The van der Waals surface area contributed by atoms with Crippen molar-refractivity contribution in [1.82, 2.24) is 0 Å². The van der Waals surface area contributed by atoms with Crippen LogP contribution in [0.15, 0.2) is 18.2 Å². The minimum absolute atomic E-state index is 0.296. The lowest BCUT2D eigenvalue weighted by Gasteiger charge is -2.22. The van der Waals surface area contributed by atoms with Crippen molar-refractivity contribution in [2.75, 3.05) is 16.3 Å². The van der Waals surface area contributed by atoms with E-state index in [1.807, 2.05) is 0 Å². The van der Waals surface area contributed by atoms with E-state index in [-0.39, 0.29) is 0 Å². The fourth-order valence-corrected chi connectivity index (χ4v) is 2.04. The van der Waals surface area contributed by atoms with E-state index in [0.29, 0.717) is 22.8 Å². The minimum atomic E-state index is -3.40. The first-order valence-corrected chi connectivity index (χ1v) is 8.20. The van der Waals surface area contributed by atoms with Gasteiger partial charge < -0.3 is 11.1 Å². The number of nitrogens with two attached hydrogens (primary N) is 1. The Morgan fingerprint density at radius 1 is 1.45 bits per heavy atom. The predicted molar refractivity (Wildman–Crippen MR) is 81.4 cm³/mol. The van der Waals surface area contributed by atoms with Crippen LogP contribution in [0.4, 0.5) is 11.4 Å². The van der Waals surface area contributed by atoms with E-state index in [2.05, 4.69) is 10.0 Å². The maximum absolute atomic E-state index is 12.0. The van der Waals surface area contributed by atoms with Gasteiger partial charge in [0.1, 0.15) is 0 Å². The fraction of sp³-hybridized carbons (Fsp3) is 0.417. The van der Waals surface area contributed by atoms with Gasteiger partial charge in [0.05, 0.1) is 28.2 Å². The molecule has 112 valence electrons. The van der Waals surface area contributed by atoms with Gasteiger partial charge in [0.25, 0.3) is 0 Å². The Hall–Kier alpha value is -1.31. The quantitative estimate of drug-likeness (QED) is 0.770. The largest absolute Gasteiger partial charge is 0.323 e. The first-order valence-electron chi connectivity index (χ1n) is 5.93. The van der Waals surface area contributed by atoms with Gasteiger partial charge in [-0.2, -0.15) is 0 Å². The van der Waals surface area contributed by atoms with Gasteiger partial charge in [-0.1, -0.05) is 18.5 Å². The van der Waals surface area contributed by atoms with Crippen LogP contribution < -0.4 is 15.8 Å². The molecule has 6 nitrogen and oxygen atoms in total. The zero-order valence-electron chi connectivity index (χ0n) is 11.5. The second-order valence-electron chi connectivity index (χ2n) is 4.79. The molecule has 1 atom stereocenters. The molecule has 20 heavy (non-hydrogen) atoms. The van der Waals surface area contributed by atoms with Gasteiger partial charge in [-0.3, -0.25) is 9.52 Å². The van der Waals surface area contributed by atoms with Gasteiger partial charge in [-0.25, -0.2) is 8.42 Å². The summed E-state index contributed by atoms with van der Waals surface area (Å²) < 4.78 is 24.7. The predicted octanol–water partition coefficient (Wildman–Crippen LogP) is 1.78. The number of anilines is 2. The number of carbonyl (C=O) groups is 1. The van der Waals surface area contributed by atoms with Crippen LogP contribution in [-0.2, 0) is 14.8 Å². The molecule has 0 bridgehead atoms. The van der Waals surface area contributed by atoms with Crippen LogP contribution in [-0.4, -0.2) is 26.1 Å². The molecular formula is C12H18ClN3O3S. The van der Waals surface area contributed by atoms with Crippen LogP contribution in [0.3, 0.4) is 0 Å². The molecule has 4 N–H and O–H groups in total. The summed E-state index contributed by atoms with van der Waals surface area (Å²) in [7, 11) is -3.40. The molecule has 0 radical (unpaired) electrons. The first kappa shape index (κ1) is 16.7. The number of hydrogen-bond donors (Lipinski definition) is 3. The third-order valence-electron chi connectivity index (χ3n) is 2.77. The van der Waals surface area contributed by atoms with Crippen molar-refractivity contribution in [2.24, 2.45) is 5.73 Å². The molecular weight excluding hydrogens is 302 g/mol. The number of carbonyl (C=O) groups excluding carboxylic acids is 1. The van der Waals surface area contributed by atoms with Crippen LogP contribution in [0.2, 0.25) is 5.02 Å². The summed E-state index contributed by atoms with van der Waals surface area (Å²) in [6, 6.07) is 4.43. The molecule has 0 fully saturated rings. The van der Waals surface area contributed by atoms with Gasteiger partial charge in [0.15, 0.2) is 0 Å². The highest BCUT2D eigenvalue weighted by atomic mass is 35.5. The van der Waals surface area contributed by atoms with Crippen LogP contribution in [0.5, 0.6) is 0 Å². The van der Waals surface area contributed by atoms with Crippen LogP contribution >= 0.6 is 11.6 Å². The Morgan fingerprint density at radius 2 is 2.05 bits per heavy atom. The molecule has 8 heteroatoms. The number of rotatable bonds is 5. The summed E-state index contributed by atoms with van der Waals surface area (Å²) >= 11 is 5.97. The molecule has 1 amide bonds. The maximum Gasteiger partial charge on any atom is 0.244 e. The van der Waals surface area contributed by atoms with E-state index < -0.39 is 21.5 Å². The highest BCUT2D eigenvalue weighted by Crippen LogP contribution is 2.26. The number of hydrogen-bond acceptors (Lipinski definition) is 4. The highest BCUT2D eigenvalue weighted by molar-refractivity contribution is 7.92. The SMILES string of the molecule is CCC(C)(N)C(=O)Nc1cc(NS(C)(=O)=O)ccc1Cl. The summed E-state index contributed by atoms with van der Waals surface area (Å²) in [5.74, 6) is -0.390. The molecule has 1 aromatic carbocycles. The second-order valence-corrected chi connectivity index (χ2v) is 6.95. The summed E-state index contributed by atoms with van der Waals surface area (Å²) in [4.78, 5) is 12.0. The summed E-state index contributed by atoms with van der Waals surface area (Å²) in [5, 5.41) is 2.89. The third-order valence-corrected chi connectivity index (χ3v) is 3.71. The average molecular weight is 320 g/mol. The van der Waals surface area contributed by atoms with Crippen LogP contribution in [0, 0.1) is 0 Å². The number of nitrogens with one attached hydrogen (secondary N) is 2. The third kappa shape index (κ3) is 4.66. The standard InChI is InChI=1S/C12H18ClN3O3S/c1-4-12(2,14)11(17)15-10-7-8(5-6-9(10)13)16-20(3,18)19/h5-7,16H,4,14H2,1-3H3,(H,15,17). The zero-order valence-corrected chi connectivity index (χ0v) is 13.1. The summed E-state index contributed by atoms with van der Waals surface area (Å²) in [5.41, 5.74) is 5.42. The van der Waals surface area contributed by atoms with Crippen LogP contribution in [0.1, 0.15) is 20.3 Å². The topological polar surface area (TPSA) is 101 Å². The molecule has 0 saturated heterocycles. The second kappa shape index (κ2) is 5.99. The molecule has 1 aromatic rings. The Kier molecular flexibility index (Phi) is 5.01. The number of amides is 1. The van der Waals surface area contributed by atoms with Gasteiger partial charge >= 0.3 is 0 Å². The average Bonchev–Trinajstić information content (AvgIpc) is 2.31. The lowest BCUT2D eigenvalue weighted by Crippen LogP contribution is -2.47. The summed E-state index contributed by atoms with van der Waals surface area (Å²) in [6.07, 6.45) is 1.49. The molecule has 0 saturated carbocycles.